The van der Waals surface area contributed by atoms with Gasteiger partial charge in [-0.15, -0.1) is 0 Å². The maximum absolute atomic E-state index is 13.5. The molecule has 3 fully saturated rings. The Morgan fingerprint density at radius 1 is 0.680 bits per heavy atom. The Bertz CT molecular complexity index is 611. The normalized spacial score (nSPS) is 33.9. The van der Waals surface area contributed by atoms with Crippen molar-refractivity contribution in [3.8, 4) is 0 Å². The van der Waals surface area contributed by atoms with Crippen molar-refractivity contribution < 1.29 is 13.6 Å². The summed E-state index contributed by atoms with van der Waals surface area (Å²) in [5.41, 5.74) is 0.851. The molecule has 25 heavy (non-hydrogen) atoms. The second kappa shape index (κ2) is 7.17. The highest BCUT2D eigenvalue weighted by atomic mass is 19.1. The summed E-state index contributed by atoms with van der Waals surface area (Å²) in [7, 11) is 0. The number of hydrogen-bond donors (Lipinski definition) is 0. The van der Waals surface area contributed by atoms with Crippen molar-refractivity contribution in [1.29, 1.82) is 0 Å². The maximum atomic E-state index is 13.5. The Hall–Kier alpha value is -1.25. The number of carbonyl (C=O) groups is 1. The highest BCUT2D eigenvalue weighted by Gasteiger charge is 2.39. The SMILES string of the molecule is O=C1CCC(C2CCC3CC(c4cc(F)cc(F)c4)CCC3C2)CC1. The molecule has 0 heterocycles. The van der Waals surface area contributed by atoms with Crippen LogP contribution in [-0.2, 0) is 4.79 Å². The first kappa shape index (κ1) is 17.2. The molecule has 1 aromatic carbocycles. The molecule has 0 aliphatic heterocycles. The van der Waals surface area contributed by atoms with Crippen LogP contribution >= 0.6 is 0 Å². The maximum Gasteiger partial charge on any atom is 0.132 e. The monoisotopic (exact) mass is 346 g/mol. The van der Waals surface area contributed by atoms with E-state index in [1.807, 2.05) is 0 Å². The van der Waals surface area contributed by atoms with Crippen LogP contribution < -0.4 is 0 Å². The predicted octanol–water partition coefficient (Wildman–Crippen LogP) is 6.02. The first-order chi connectivity index (χ1) is 12.1. The van der Waals surface area contributed by atoms with Gasteiger partial charge in [-0.2, -0.15) is 0 Å². The third-order valence-corrected chi connectivity index (χ3v) is 7.26. The Kier molecular flexibility index (Phi) is 4.92. The number of halogens is 2. The lowest BCUT2D eigenvalue weighted by molar-refractivity contribution is -0.121. The first-order valence-corrected chi connectivity index (χ1v) is 10.1. The molecule has 3 aliphatic carbocycles. The molecule has 4 rings (SSSR count). The highest BCUT2D eigenvalue weighted by molar-refractivity contribution is 5.79. The Morgan fingerprint density at radius 3 is 1.92 bits per heavy atom. The van der Waals surface area contributed by atoms with Crippen molar-refractivity contribution in [3.63, 3.8) is 0 Å². The Morgan fingerprint density at radius 2 is 1.24 bits per heavy atom. The highest BCUT2D eigenvalue weighted by Crippen LogP contribution is 2.50. The number of Topliss-reactive ketones (excluding diaryl/α,β-unsaturated/α-hetero) is 1. The fraction of sp³-hybridized carbons (Fsp3) is 0.682. The minimum Gasteiger partial charge on any atom is -0.300 e. The van der Waals surface area contributed by atoms with Crippen LogP contribution in [-0.4, -0.2) is 5.78 Å². The molecule has 3 heteroatoms. The third-order valence-electron chi connectivity index (χ3n) is 7.26. The summed E-state index contributed by atoms with van der Waals surface area (Å²) in [5.74, 6) is 2.92. The van der Waals surface area contributed by atoms with Crippen LogP contribution in [0.25, 0.3) is 0 Å². The standard InChI is InChI=1S/C22H28F2O/c23-20-11-19(12-21(24)13-20)18-4-3-16-9-15(1-2-17(16)10-18)14-5-7-22(25)8-6-14/h11-18H,1-10H2. The van der Waals surface area contributed by atoms with Crippen LogP contribution in [0.3, 0.4) is 0 Å². The zero-order valence-corrected chi connectivity index (χ0v) is 14.9. The van der Waals surface area contributed by atoms with E-state index in [-0.39, 0.29) is 0 Å². The lowest BCUT2D eigenvalue weighted by Gasteiger charge is -2.45. The van der Waals surface area contributed by atoms with E-state index in [9.17, 15) is 13.6 Å². The lowest BCUT2D eigenvalue weighted by Crippen LogP contribution is -2.34. The predicted molar refractivity (Wildman–Crippen MR) is 94.2 cm³/mol. The molecule has 0 saturated heterocycles. The molecule has 0 spiro atoms. The lowest BCUT2D eigenvalue weighted by atomic mass is 9.61. The van der Waals surface area contributed by atoms with Gasteiger partial charge in [0.25, 0.3) is 0 Å². The van der Waals surface area contributed by atoms with Gasteiger partial charge in [-0.3, -0.25) is 4.79 Å². The fourth-order valence-corrected chi connectivity index (χ4v) is 5.90. The van der Waals surface area contributed by atoms with Gasteiger partial charge in [0, 0.05) is 18.9 Å². The van der Waals surface area contributed by atoms with Crippen LogP contribution in [0.1, 0.15) is 75.7 Å². The van der Waals surface area contributed by atoms with Crippen molar-refractivity contribution in [2.24, 2.45) is 23.7 Å². The summed E-state index contributed by atoms with van der Waals surface area (Å²) in [4.78, 5) is 11.5. The molecule has 0 aromatic heterocycles. The second-order valence-corrected chi connectivity index (χ2v) is 8.68. The second-order valence-electron chi connectivity index (χ2n) is 8.68. The minimum atomic E-state index is -0.451. The number of benzene rings is 1. The van der Waals surface area contributed by atoms with Crippen molar-refractivity contribution in [1.82, 2.24) is 0 Å². The quantitative estimate of drug-likeness (QED) is 0.639. The number of ketones is 1. The van der Waals surface area contributed by atoms with Crippen molar-refractivity contribution in [2.45, 2.75) is 70.1 Å². The van der Waals surface area contributed by atoms with Gasteiger partial charge < -0.3 is 0 Å². The summed E-state index contributed by atoms with van der Waals surface area (Å²) < 4.78 is 27.1. The summed E-state index contributed by atoms with van der Waals surface area (Å²) in [6.45, 7) is 0. The van der Waals surface area contributed by atoms with Gasteiger partial charge in [0.15, 0.2) is 0 Å². The average Bonchev–Trinajstić information content (AvgIpc) is 2.60. The third kappa shape index (κ3) is 3.80. The van der Waals surface area contributed by atoms with E-state index in [0.29, 0.717) is 17.6 Å². The van der Waals surface area contributed by atoms with Crippen molar-refractivity contribution in [3.05, 3.63) is 35.4 Å². The molecule has 0 amide bonds. The van der Waals surface area contributed by atoms with Gasteiger partial charge in [0.2, 0.25) is 0 Å². The van der Waals surface area contributed by atoms with Gasteiger partial charge in [0.1, 0.15) is 17.4 Å². The Balaban J connectivity index is 1.37. The van der Waals surface area contributed by atoms with Crippen LogP contribution in [0.15, 0.2) is 18.2 Å². The zero-order chi connectivity index (χ0) is 17.4. The first-order valence-electron chi connectivity index (χ1n) is 10.1. The summed E-state index contributed by atoms with van der Waals surface area (Å²) in [5, 5.41) is 0. The summed E-state index contributed by atoms with van der Waals surface area (Å²) in [6, 6.07) is 4.02. The molecule has 0 N–H and O–H groups in total. The Labute approximate surface area is 149 Å². The summed E-state index contributed by atoms with van der Waals surface area (Å²) in [6.07, 6.45) is 11.0. The average molecular weight is 346 g/mol. The molecule has 1 aromatic rings. The van der Waals surface area contributed by atoms with Gasteiger partial charge >= 0.3 is 0 Å². The minimum absolute atomic E-state index is 0.315. The van der Waals surface area contributed by atoms with Crippen LogP contribution in [0.5, 0.6) is 0 Å². The van der Waals surface area contributed by atoms with Crippen molar-refractivity contribution in [2.75, 3.05) is 0 Å². The largest absolute Gasteiger partial charge is 0.300 e. The van der Waals surface area contributed by atoms with E-state index in [1.54, 1.807) is 0 Å². The van der Waals surface area contributed by atoms with Gasteiger partial charge in [-0.1, -0.05) is 0 Å². The smallest absolute Gasteiger partial charge is 0.132 e. The number of rotatable bonds is 2. The molecule has 1 nitrogen and oxygen atoms in total. The number of carbonyl (C=O) groups excluding carboxylic acids is 1. The van der Waals surface area contributed by atoms with E-state index in [2.05, 4.69) is 0 Å². The van der Waals surface area contributed by atoms with E-state index in [0.717, 1.165) is 67.9 Å². The van der Waals surface area contributed by atoms with Crippen molar-refractivity contribution >= 4 is 5.78 Å². The van der Waals surface area contributed by atoms with E-state index in [4.69, 9.17) is 0 Å². The molecule has 4 atom stereocenters. The van der Waals surface area contributed by atoms with Gasteiger partial charge in [-0.25, -0.2) is 8.78 Å². The molecule has 0 bridgehead atoms. The van der Waals surface area contributed by atoms with Crippen LogP contribution in [0.4, 0.5) is 8.78 Å². The fourth-order valence-electron chi connectivity index (χ4n) is 5.90. The van der Waals surface area contributed by atoms with Gasteiger partial charge in [-0.05, 0) is 98.7 Å². The molecular weight excluding hydrogens is 318 g/mol. The van der Waals surface area contributed by atoms with Gasteiger partial charge in [0.05, 0.1) is 0 Å². The van der Waals surface area contributed by atoms with Crippen LogP contribution in [0, 0.1) is 35.3 Å². The molecule has 136 valence electrons. The summed E-state index contributed by atoms with van der Waals surface area (Å²) >= 11 is 0. The zero-order valence-electron chi connectivity index (χ0n) is 14.9. The molecule has 4 unspecified atom stereocenters. The van der Waals surface area contributed by atoms with E-state index >= 15 is 0 Å². The molecule has 3 aliphatic rings. The molecular formula is C22H28F2O. The number of fused-ring (bicyclic) bond motifs is 1. The van der Waals surface area contributed by atoms with Crippen LogP contribution in [0.2, 0.25) is 0 Å². The number of hydrogen-bond acceptors (Lipinski definition) is 1. The molecule has 3 saturated carbocycles. The van der Waals surface area contributed by atoms with E-state index < -0.39 is 11.6 Å². The van der Waals surface area contributed by atoms with E-state index in [1.165, 1.54) is 37.8 Å². The molecule has 0 radical (unpaired) electrons. The topological polar surface area (TPSA) is 17.1 Å².